The summed E-state index contributed by atoms with van der Waals surface area (Å²) in [7, 11) is -1.45. The first-order chi connectivity index (χ1) is 11.7. The smallest absolute Gasteiger partial charge is 0.333 e. The van der Waals surface area contributed by atoms with E-state index in [0.29, 0.717) is 13.2 Å². The molecule has 4 aliphatic heterocycles. The van der Waals surface area contributed by atoms with Crippen LogP contribution in [0.5, 0.6) is 0 Å². The molecule has 4 fully saturated rings. The molecule has 0 aromatic carbocycles. The number of ether oxygens (including phenoxy) is 5. The molecule has 4 rings (SSSR count). The molecule has 0 aromatic heterocycles. The van der Waals surface area contributed by atoms with E-state index in [9.17, 15) is 0 Å². The van der Waals surface area contributed by atoms with Gasteiger partial charge in [-0.25, -0.2) is 0 Å². The van der Waals surface area contributed by atoms with E-state index in [1.54, 1.807) is 0 Å². The van der Waals surface area contributed by atoms with Crippen LogP contribution in [0.25, 0.3) is 0 Å². The third kappa shape index (κ3) is 3.88. The van der Waals surface area contributed by atoms with Crippen molar-refractivity contribution in [2.24, 2.45) is 0 Å². The Morgan fingerprint density at radius 3 is 2.48 bits per heavy atom. The molecule has 4 heterocycles. The van der Waals surface area contributed by atoms with Gasteiger partial charge in [0, 0.05) is 0 Å². The van der Waals surface area contributed by atoms with Crippen molar-refractivity contribution in [1.29, 1.82) is 0 Å². The third-order valence-corrected chi connectivity index (χ3v) is 5.96. The Bertz CT molecular complexity index is 501. The van der Waals surface area contributed by atoms with E-state index in [2.05, 4.69) is 0 Å². The Hall–Kier alpha value is 0.110. The van der Waals surface area contributed by atoms with Crippen molar-refractivity contribution >= 4 is 8.60 Å². The minimum atomic E-state index is -1.45. The lowest BCUT2D eigenvalue weighted by atomic mass is 10.1. The highest BCUT2D eigenvalue weighted by Crippen LogP contribution is 2.51. The molecule has 4 aliphatic rings. The fourth-order valence-corrected chi connectivity index (χ4v) is 4.74. The van der Waals surface area contributed by atoms with Crippen LogP contribution in [0.3, 0.4) is 0 Å². The van der Waals surface area contributed by atoms with Crippen molar-refractivity contribution in [3.05, 3.63) is 0 Å². The van der Waals surface area contributed by atoms with Crippen LogP contribution in [0, 0.1) is 0 Å². The van der Waals surface area contributed by atoms with E-state index in [1.807, 2.05) is 34.6 Å². The van der Waals surface area contributed by atoms with E-state index < -0.39 is 32.6 Å². The van der Waals surface area contributed by atoms with Crippen molar-refractivity contribution in [3.63, 3.8) is 0 Å². The van der Waals surface area contributed by atoms with E-state index in [0.717, 1.165) is 6.42 Å². The molecular formula is C16H27O8P. The maximum absolute atomic E-state index is 6.18. The summed E-state index contributed by atoms with van der Waals surface area (Å²) < 4.78 is 47.3. The molecule has 9 heteroatoms. The van der Waals surface area contributed by atoms with Crippen LogP contribution in [0.2, 0.25) is 0 Å². The summed E-state index contributed by atoms with van der Waals surface area (Å²) in [6.07, 6.45) is -0.949. The van der Waals surface area contributed by atoms with Gasteiger partial charge in [-0.3, -0.25) is 0 Å². The zero-order chi connectivity index (χ0) is 17.8. The Labute approximate surface area is 149 Å². The molecule has 0 radical (unpaired) electrons. The van der Waals surface area contributed by atoms with Crippen LogP contribution in [0.15, 0.2) is 0 Å². The highest BCUT2D eigenvalue weighted by Gasteiger charge is 2.60. The molecule has 0 spiro atoms. The average Bonchev–Trinajstić information content (AvgIpc) is 3.10. The average molecular weight is 378 g/mol. The predicted molar refractivity (Wildman–Crippen MR) is 86.5 cm³/mol. The molecule has 7 atom stereocenters. The molecule has 0 amide bonds. The van der Waals surface area contributed by atoms with Gasteiger partial charge in [0.05, 0.1) is 19.3 Å². The molecule has 8 nitrogen and oxygen atoms in total. The first kappa shape index (κ1) is 18.5. The van der Waals surface area contributed by atoms with Crippen molar-refractivity contribution in [1.82, 2.24) is 0 Å². The summed E-state index contributed by atoms with van der Waals surface area (Å²) in [5.74, 6) is -1.36. The van der Waals surface area contributed by atoms with Crippen molar-refractivity contribution in [2.45, 2.75) is 89.4 Å². The monoisotopic (exact) mass is 378 g/mol. The highest BCUT2D eigenvalue weighted by molar-refractivity contribution is 7.41. The van der Waals surface area contributed by atoms with Gasteiger partial charge in [-0.15, -0.1) is 0 Å². The van der Waals surface area contributed by atoms with Gasteiger partial charge in [-0.05, 0) is 41.0 Å². The number of rotatable bonds is 3. The van der Waals surface area contributed by atoms with Gasteiger partial charge in [0.15, 0.2) is 17.9 Å². The third-order valence-electron chi connectivity index (χ3n) is 4.62. The van der Waals surface area contributed by atoms with E-state index in [-0.39, 0.29) is 24.4 Å². The van der Waals surface area contributed by atoms with Gasteiger partial charge in [0.1, 0.15) is 24.4 Å². The minimum Gasteiger partial charge on any atom is -0.348 e. The van der Waals surface area contributed by atoms with Crippen molar-refractivity contribution in [3.8, 4) is 0 Å². The van der Waals surface area contributed by atoms with Crippen LogP contribution in [-0.2, 0) is 37.3 Å². The maximum Gasteiger partial charge on any atom is 0.333 e. The molecule has 0 saturated carbocycles. The zero-order valence-electron chi connectivity index (χ0n) is 15.3. The molecule has 0 N–H and O–H groups in total. The lowest BCUT2D eigenvalue weighted by molar-refractivity contribution is -0.231. The highest BCUT2D eigenvalue weighted by atomic mass is 31.2. The van der Waals surface area contributed by atoms with Crippen molar-refractivity contribution < 1.29 is 37.3 Å². The summed E-state index contributed by atoms with van der Waals surface area (Å²) in [5.41, 5.74) is 0. The van der Waals surface area contributed by atoms with Crippen LogP contribution in [-0.4, -0.2) is 61.6 Å². The van der Waals surface area contributed by atoms with Gasteiger partial charge in [0.25, 0.3) is 0 Å². The molecule has 25 heavy (non-hydrogen) atoms. The molecule has 0 aliphatic carbocycles. The fraction of sp³-hybridized carbons (Fsp3) is 1.00. The minimum absolute atomic E-state index is 0.110. The lowest BCUT2D eigenvalue weighted by Crippen LogP contribution is -2.43. The zero-order valence-corrected chi connectivity index (χ0v) is 16.2. The number of hydrogen-bond acceptors (Lipinski definition) is 8. The first-order valence-electron chi connectivity index (χ1n) is 8.82. The van der Waals surface area contributed by atoms with Gasteiger partial charge < -0.3 is 37.3 Å². The second-order valence-electron chi connectivity index (χ2n) is 7.77. The van der Waals surface area contributed by atoms with Crippen LogP contribution in [0.4, 0.5) is 0 Å². The standard InChI is InChI=1S/C16H27O8P/c1-9-6-7-18-25(23-9)24-12-11(10-8-17-15(2,3)20-10)19-14-13(12)21-16(4,5)22-14/h9-14H,6-8H2,1-5H3/t9?,10?,11-,12+,13-,14-,25?/m1/s1. The van der Waals surface area contributed by atoms with Crippen LogP contribution < -0.4 is 0 Å². The Balaban J connectivity index is 1.50. The van der Waals surface area contributed by atoms with E-state index in [4.69, 9.17) is 37.3 Å². The Morgan fingerprint density at radius 2 is 1.80 bits per heavy atom. The van der Waals surface area contributed by atoms with Crippen LogP contribution >= 0.6 is 8.60 Å². The maximum atomic E-state index is 6.18. The van der Waals surface area contributed by atoms with Crippen LogP contribution in [0.1, 0.15) is 41.0 Å². The predicted octanol–water partition coefficient (Wildman–Crippen LogP) is 2.45. The first-order valence-corrected chi connectivity index (χ1v) is 9.91. The fourth-order valence-electron chi connectivity index (χ4n) is 3.48. The summed E-state index contributed by atoms with van der Waals surface area (Å²) in [5, 5.41) is 0. The Kier molecular flexibility index (Phi) is 4.89. The van der Waals surface area contributed by atoms with E-state index >= 15 is 0 Å². The number of fused-ring (bicyclic) bond motifs is 1. The van der Waals surface area contributed by atoms with Crippen molar-refractivity contribution in [2.75, 3.05) is 13.2 Å². The SMILES string of the molecule is CC1CCOP(O[C@@H]2[C@H]3OC(C)(C)O[C@H]3O[C@@H]2C2COC(C)(C)O2)O1. The molecule has 144 valence electrons. The van der Waals surface area contributed by atoms with Gasteiger partial charge in [-0.2, -0.15) is 0 Å². The Morgan fingerprint density at radius 1 is 1.00 bits per heavy atom. The van der Waals surface area contributed by atoms with E-state index in [1.165, 1.54) is 0 Å². The lowest BCUT2D eigenvalue weighted by Gasteiger charge is -2.32. The quantitative estimate of drug-likeness (QED) is 0.694. The summed E-state index contributed by atoms with van der Waals surface area (Å²) >= 11 is 0. The molecule has 0 aromatic rings. The topological polar surface area (TPSA) is 73.8 Å². The molecule has 3 unspecified atom stereocenters. The summed E-state index contributed by atoms with van der Waals surface area (Å²) in [6.45, 7) is 10.6. The second kappa shape index (κ2) is 6.62. The molecule has 0 bridgehead atoms. The summed E-state index contributed by atoms with van der Waals surface area (Å²) in [6, 6.07) is 0. The number of hydrogen-bond donors (Lipinski definition) is 0. The van der Waals surface area contributed by atoms with Gasteiger partial charge >= 0.3 is 8.60 Å². The molecular weight excluding hydrogens is 351 g/mol. The second-order valence-corrected chi connectivity index (χ2v) is 8.89. The summed E-state index contributed by atoms with van der Waals surface area (Å²) in [4.78, 5) is 0. The van der Waals surface area contributed by atoms with Gasteiger partial charge in [-0.1, -0.05) is 0 Å². The largest absolute Gasteiger partial charge is 0.348 e. The molecule has 4 saturated heterocycles. The normalized spacial score (nSPS) is 48.6. The van der Waals surface area contributed by atoms with Gasteiger partial charge in [0.2, 0.25) is 0 Å².